The van der Waals surface area contributed by atoms with Gasteiger partial charge in [0.15, 0.2) is 0 Å². The van der Waals surface area contributed by atoms with Gasteiger partial charge >= 0.3 is 0 Å². The molecule has 3 nitrogen and oxygen atoms in total. The summed E-state index contributed by atoms with van der Waals surface area (Å²) in [5.41, 5.74) is 1.39. The lowest BCUT2D eigenvalue weighted by Gasteiger charge is -2.14. The monoisotopic (exact) mass is 261 g/mol. The standard InChI is InChI=1S/C14H19N3S/c1-11-3-4-14(18-11)10-17-6-5-12(9-17)13-7-15-16(2)8-13/h3-4,7-8,12H,5-6,9-10H2,1-2H3/t12-/m1/s1. The molecule has 0 unspecified atom stereocenters. The lowest BCUT2D eigenvalue weighted by molar-refractivity contribution is 0.330. The van der Waals surface area contributed by atoms with Crippen molar-refractivity contribution in [3.8, 4) is 0 Å². The molecule has 0 aliphatic carbocycles. The molecule has 0 saturated carbocycles. The van der Waals surface area contributed by atoms with E-state index in [0.29, 0.717) is 5.92 Å². The molecule has 0 spiro atoms. The number of aromatic nitrogens is 2. The van der Waals surface area contributed by atoms with Gasteiger partial charge in [-0.15, -0.1) is 11.3 Å². The first kappa shape index (κ1) is 11.9. The first-order valence-electron chi connectivity index (χ1n) is 6.47. The van der Waals surface area contributed by atoms with Crippen molar-refractivity contribution in [3.63, 3.8) is 0 Å². The molecule has 4 heteroatoms. The second-order valence-corrected chi connectivity index (χ2v) is 6.55. The van der Waals surface area contributed by atoms with Crippen LogP contribution in [-0.4, -0.2) is 27.8 Å². The minimum Gasteiger partial charge on any atom is -0.298 e. The summed E-state index contributed by atoms with van der Waals surface area (Å²) >= 11 is 1.92. The van der Waals surface area contributed by atoms with Crippen molar-refractivity contribution in [2.24, 2.45) is 7.05 Å². The van der Waals surface area contributed by atoms with Crippen LogP contribution in [0.4, 0.5) is 0 Å². The van der Waals surface area contributed by atoms with Gasteiger partial charge in [-0.05, 0) is 37.6 Å². The van der Waals surface area contributed by atoms with Crippen molar-refractivity contribution in [1.29, 1.82) is 0 Å². The summed E-state index contributed by atoms with van der Waals surface area (Å²) in [6, 6.07) is 4.48. The zero-order chi connectivity index (χ0) is 12.5. The molecular weight excluding hydrogens is 242 g/mol. The van der Waals surface area contributed by atoms with Gasteiger partial charge < -0.3 is 0 Å². The second-order valence-electron chi connectivity index (χ2n) is 5.18. The van der Waals surface area contributed by atoms with Gasteiger partial charge in [-0.2, -0.15) is 5.10 Å². The van der Waals surface area contributed by atoms with Crippen molar-refractivity contribution in [2.45, 2.75) is 25.8 Å². The maximum absolute atomic E-state index is 4.27. The third-order valence-electron chi connectivity index (χ3n) is 3.64. The van der Waals surface area contributed by atoms with E-state index < -0.39 is 0 Å². The summed E-state index contributed by atoms with van der Waals surface area (Å²) in [6.45, 7) is 5.66. The lowest BCUT2D eigenvalue weighted by atomic mass is 10.0. The number of aryl methyl sites for hydroxylation is 2. The third-order valence-corrected chi connectivity index (χ3v) is 4.63. The van der Waals surface area contributed by atoms with Gasteiger partial charge in [-0.3, -0.25) is 9.58 Å². The van der Waals surface area contributed by atoms with Crippen LogP contribution in [0.15, 0.2) is 24.5 Å². The maximum Gasteiger partial charge on any atom is 0.0524 e. The Kier molecular flexibility index (Phi) is 3.22. The second kappa shape index (κ2) is 4.86. The predicted molar refractivity (Wildman–Crippen MR) is 74.9 cm³/mol. The van der Waals surface area contributed by atoms with E-state index >= 15 is 0 Å². The minimum absolute atomic E-state index is 0.666. The molecule has 0 N–H and O–H groups in total. The number of hydrogen-bond donors (Lipinski definition) is 0. The smallest absolute Gasteiger partial charge is 0.0524 e. The van der Waals surface area contributed by atoms with E-state index in [9.17, 15) is 0 Å². The fourth-order valence-electron chi connectivity index (χ4n) is 2.69. The Bertz CT molecular complexity index is 529. The van der Waals surface area contributed by atoms with Crippen LogP contribution in [0.25, 0.3) is 0 Å². The molecule has 18 heavy (non-hydrogen) atoms. The van der Waals surface area contributed by atoms with E-state index in [1.165, 1.54) is 34.8 Å². The van der Waals surface area contributed by atoms with Crippen LogP contribution in [0.2, 0.25) is 0 Å². The number of likely N-dealkylation sites (tertiary alicyclic amines) is 1. The average molecular weight is 261 g/mol. The Balaban J connectivity index is 1.61. The van der Waals surface area contributed by atoms with E-state index in [1.54, 1.807) is 0 Å². The first-order valence-corrected chi connectivity index (χ1v) is 7.28. The van der Waals surface area contributed by atoms with Crippen LogP contribution in [0.1, 0.15) is 27.7 Å². The highest BCUT2D eigenvalue weighted by Crippen LogP contribution is 2.28. The molecule has 3 rings (SSSR count). The van der Waals surface area contributed by atoms with Crippen LogP contribution in [-0.2, 0) is 13.6 Å². The Labute approximate surface area is 112 Å². The summed E-state index contributed by atoms with van der Waals surface area (Å²) in [5.74, 6) is 0.666. The van der Waals surface area contributed by atoms with Crippen molar-refractivity contribution >= 4 is 11.3 Å². The van der Waals surface area contributed by atoms with Crippen molar-refractivity contribution in [1.82, 2.24) is 14.7 Å². The van der Waals surface area contributed by atoms with Crippen LogP contribution in [0.3, 0.4) is 0 Å². The number of hydrogen-bond acceptors (Lipinski definition) is 3. The van der Waals surface area contributed by atoms with Crippen molar-refractivity contribution < 1.29 is 0 Å². The van der Waals surface area contributed by atoms with Crippen LogP contribution in [0, 0.1) is 6.92 Å². The summed E-state index contributed by atoms with van der Waals surface area (Å²) in [5, 5.41) is 4.27. The largest absolute Gasteiger partial charge is 0.298 e. The molecule has 1 aliphatic rings. The topological polar surface area (TPSA) is 21.1 Å². The molecule has 1 fully saturated rings. The molecule has 0 aromatic carbocycles. The van der Waals surface area contributed by atoms with Crippen LogP contribution < -0.4 is 0 Å². The number of rotatable bonds is 3. The van der Waals surface area contributed by atoms with Crippen molar-refractivity contribution in [2.75, 3.05) is 13.1 Å². The normalized spacial score (nSPS) is 20.7. The molecule has 0 bridgehead atoms. The molecule has 2 aromatic heterocycles. The molecule has 3 heterocycles. The third kappa shape index (κ3) is 2.49. The molecule has 1 aliphatic heterocycles. The van der Waals surface area contributed by atoms with Gasteiger partial charge in [0.25, 0.3) is 0 Å². The number of nitrogens with zero attached hydrogens (tertiary/aromatic N) is 3. The fraction of sp³-hybridized carbons (Fsp3) is 0.500. The zero-order valence-electron chi connectivity index (χ0n) is 11.0. The minimum atomic E-state index is 0.666. The maximum atomic E-state index is 4.27. The van der Waals surface area contributed by atoms with E-state index in [4.69, 9.17) is 0 Å². The SMILES string of the molecule is Cc1ccc(CN2CC[C@@H](c3cnn(C)c3)C2)s1. The quantitative estimate of drug-likeness (QED) is 0.847. The van der Waals surface area contributed by atoms with E-state index in [2.05, 4.69) is 35.3 Å². The highest BCUT2D eigenvalue weighted by molar-refractivity contribution is 7.11. The first-order chi connectivity index (χ1) is 8.70. The van der Waals surface area contributed by atoms with Gasteiger partial charge in [-0.1, -0.05) is 0 Å². The molecule has 0 radical (unpaired) electrons. The van der Waals surface area contributed by atoms with Crippen molar-refractivity contribution in [3.05, 3.63) is 39.8 Å². The van der Waals surface area contributed by atoms with E-state index in [0.717, 1.165) is 6.54 Å². The molecule has 1 saturated heterocycles. The number of thiophene rings is 1. The highest BCUT2D eigenvalue weighted by Gasteiger charge is 2.24. The lowest BCUT2D eigenvalue weighted by Crippen LogP contribution is -2.18. The van der Waals surface area contributed by atoms with Crippen LogP contribution >= 0.6 is 11.3 Å². The molecule has 2 aromatic rings. The Morgan fingerprint density at radius 1 is 1.44 bits per heavy atom. The fourth-order valence-corrected chi connectivity index (χ4v) is 3.62. The molecule has 96 valence electrons. The van der Waals surface area contributed by atoms with E-state index in [1.807, 2.05) is 29.3 Å². The summed E-state index contributed by atoms with van der Waals surface area (Å²) in [4.78, 5) is 5.45. The van der Waals surface area contributed by atoms with Gasteiger partial charge in [0.2, 0.25) is 0 Å². The van der Waals surface area contributed by atoms with Gasteiger partial charge in [0.05, 0.1) is 6.20 Å². The van der Waals surface area contributed by atoms with E-state index in [-0.39, 0.29) is 0 Å². The molecule has 1 atom stereocenters. The summed E-state index contributed by atoms with van der Waals surface area (Å²) in [6.07, 6.45) is 5.43. The summed E-state index contributed by atoms with van der Waals surface area (Å²) < 4.78 is 1.90. The van der Waals surface area contributed by atoms with Gasteiger partial charge in [0, 0.05) is 42.0 Å². The Morgan fingerprint density at radius 2 is 2.33 bits per heavy atom. The zero-order valence-corrected chi connectivity index (χ0v) is 11.8. The molecule has 0 amide bonds. The highest BCUT2D eigenvalue weighted by atomic mass is 32.1. The van der Waals surface area contributed by atoms with Gasteiger partial charge in [-0.25, -0.2) is 0 Å². The Morgan fingerprint density at radius 3 is 3.00 bits per heavy atom. The van der Waals surface area contributed by atoms with Gasteiger partial charge in [0.1, 0.15) is 0 Å². The molecular formula is C14H19N3S. The summed E-state index contributed by atoms with van der Waals surface area (Å²) in [7, 11) is 1.99. The van der Waals surface area contributed by atoms with Crippen LogP contribution in [0.5, 0.6) is 0 Å². The predicted octanol–water partition coefficient (Wildman–Crippen LogP) is 2.78. The Hall–Kier alpha value is -1.13. The average Bonchev–Trinajstić information content (AvgIpc) is 3.01.